The Morgan fingerprint density at radius 2 is 2.11 bits per heavy atom. The Kier molecular flexibility index (Phi) is 3.35. The summed E-state index contributed by atoms with van der Waals surface area (Å²) in [5, 5.41) is 10.0. The van der Waals surface area contributed by atoms with Gasteiger partial charge in [0.25, 0.3) is 0 Å². The SMILES string of the molecule is Cc1cc(C(=O)C(C)C)c2c(c1O)OC(=O)CC2C. The fraction of sp³-hybridized carbons (Fsp3) is 0.467. The zero-order valence-electron chi connectivity index (χ0n) is 11.6. The van der Waals surface area contributed by atoms with Crippen molar-refractivity contribution in [3.8, 4) is 11.5 Å². The summed E-state index contributed by atoms with van der Waals surface area (Å²) < 4.78 is 5.14. The van der Waals surface area contributed by atoms with Crippen LogP contribution in [-0.2, 0) is 4.79 Å². The molecule has 0 aromatic heterocycles. The molecule has 1 aliphatic heterocycles. The summed E-state index contributed by atoms with van der Waals surface area (Å²) in [5.41, 5.74) is 1.76. The zero-order valence-corrected chi connectivity index (χ0v) is 11.6. The van der Waals surface area contributed by atoms with Crippen molar-refractivity contribution in [2.45, 2.75) is 40.0 Å². The highest BCUT2D eigenvalue weighted by Gasteiger charge is 2.32. The van der Waals surface area contributed by atoms with Crippen LogP contribution in [0.5, 0.6) is 11.5 Å². The Bertz CT molecular complexity index is 558. The first kappa shape index (κ1) is 13.6. The number of aryl methyl sites for hydroxylation is 1. The van der Waals surface area contributed by atoms with E-state index < -0.39 is 0 Å². The first-order valence-corrected chi connectivity index (χ1v) is 6.44. The van der Waals surface area contributed by atoms with Crippen molar-refractivity contribution >= 4 is 11.8 Å². The molecule has 1 aromatic carbocycles. The van der Waals surface area contributed by atoms with Crippen LogP contribution in [0.25, 0.3) is 0 Å². The zero-order chi connectivity index (χ0) is 14.3. The predicted octanol–water partition coefficient (Wildman–Crippen LogP) is 2.95. The summed E-state index contributed by atoms with van der Waals surface area (Å²) in [6, 6.07) is 1.69. The third kappa shape index (κ3) is 2.23. The minimum absolute atomic E-state index is 0.00384. The quantitative estimate of drug-likeness (QED) is 0.505. The van der Waals surface area contributed by atoms with Crippen molar-refractivity contribution in [2.75, 3.05) is 0 Å². The van der Waals surface area contributed by atoms with Gasteiger partial charge in [-0.3, -0.25) is 9.59 Å². The third-order valence-electron chi connectivity index (χ3n) is 3.46. The number of aromatic hydroxyl groups is 1. The molecule has 0 spiro atoms. The number of ketones is 1. The fourth-order valence-corrected chi connectivity index (χ4v) is 2.41. The van der Waals surface area contributed by atoms with Gasteiger partial charge in [0.2, 0.25) is 0 Å². The van der Waals surface area contributed by atoms with Crippen molar-refractivity contribution < 1.29 is 19.4 Å². The first-order valence-electron chi connectivity index (χ1n) is 6.44. The van der Waals surface area contributed by atoms with E-state index in [1.165, 1.54) is 0 Å². The summed E-state index contributed by atoms with van der Waals surface area (Å²) in [6.07, 6.45) is 0.230. The van der Waals surface area contributed by atoms with E-state index in [1.54, 1.807) is 13.0 Å². The Labute approximate surface area is 112 Å². The third-order valence-corrected chi connectivity index (χ3v) is 3.46. The molecule has 2 rings (SSSR count). The summed E-state index contributed by atoms with van der Waals surface area (Å²) in [4.78, 5) is 23.8. The maximum Gasteiger partial charge on any atom is 0.311 e. The van der Waals surface area contributed by atoms with E-state index in [9.17, 15) is 14.7 Å². The van der Waals surface area contributed by atoms with Crippen molar-refractivity contribution in [2.24, 2.45) is 5.92 Å². The van der Waals surface area contributed by atoms with E-state index in [0.29, 0.717) is 16.7 Å². The minimum Gasteiger partial charge on any atom is -0.504 e. The molecular weight excluding hydrogens is 244 g/mol. The fourth-order valence-electron chi connectivity index (χ4n) is 2.41. The summed E-state index contributed by atoms with van der Waals surface area (Å²) in [6.45, 7) is 7.22. The topological polar surface area (TPSA) is 63.6 Å². The molecule has 0 saturated heterocycles. The molecule has 0 radical (unpaired) electrons. The molecule has 4 heteroatoms. The van der Waals surface area contributed by atoms with E-state index in [0.717, 1.165) is 0 Å². The lowest BCUT2D eigenvalue weighted by Crippen LogP contribution is -2.22. The molecule has 102 valence electrons. The molecule has 19 heavy (non-hydrogen) atoms. The van der Waals surface area contributed by atoms with Crippen LogP contribution in [0.3, 0.4) is 0 Å². The van der Waals surface area contributed by atoms with E-state index in [-0.39, 0.29) is 41.5 Å². The van der Waals surface area contributed by atoms with Crippen LogP contribution in [-0.4, -0.2) is 16.9 Å². The normalized spacial score (nSPS) is 18.2. The van der Waals surface area contributed by atoms with Gasteiger partial charge in [0.15, 0.2) is 17.3 Å². The Hall–Kier alpha value is -1.84. The summed E-state index contributed by atoms with van der Waals surface area (Å²) in [7, 11) is 0. The number of hydrogen-bond donors (Lipinski definition) is 1. The van der Waals surface area contributed by atoms with Gasteiger partial charge in [-0.05, 0) is 24.5 Å². The van der Waals surface area contributed by atoms with Gasteiger partial charge in [-0.15, -0.1) is 0 Å². The summed E-state index contributed by atoms with van der Waals surface area (Å²) >= 11 is 0. The molecule has 1 heterocycles. The molecule has 1 aromatic rings. The Morgan fingerprint density at radius 3 is 2.68 bits per heavy atom. The second kappa shape index (κ2) is 4.68. The molecule has 1 aliphatic rings. The molecule has 4 nitrogen and oxygen atoms in total. The molecule has 0 saturated carbocycles. The minimum atomic E-state index is -0.371. The standard InChI is InChI=1S/C15H18O4/c1-7(2)13(17)10-5-9(4)14(18)15-12(10)8(3)6-11(16)19-15/h5,7-8,18H,6H2,1-4H3. The van der Waals surface area contributed by atoms with Gasteiger partial charge in [0, 0.05) is 17.0 Å². The lowest BCUT2D eigenvalue weighted by atomic mass is 9.85. The van der Waals surface area contributed by atoms with E-state index in [4.69, 9.17) is 4.74 Å². The number of carbonyl (C=O) groups excluding carboxylic acids is 2. The molecule has 1 atom stereocenters. The van der Waals surface area contributed by atoms with Crippen molar-refractivity contribution in [3.05, 3.63) is 22.8 Å². The molecule has 0 amide bonds. The lowest BCUT2D eigenvalue weighted by Gasteiger charge is -2.26. The van der Waals surface area contributed by atoms with Crippen molar-refractivity contribution in [1.82, 2.24) is 0 Å². The van der Waals surface area contributed by atoms with Crippen molar-refractivity contribution in [3.63, 3.8) is 0 Å². The molecule has 0 bridgehead atoms. The number of hydrogen-bond acceptors (Lipinski definition) is 4. The number of carbonyl (C=O) groups is 2. The number of esters is 1. The molecule has 1 N–H and O–H groups in total. The van der Waals surface area contributed by atoms with Crippen LogP contribution in [0.15, 0.2) is 6.07 Å². The highest BCUT2D eigenvalue weighted by Crippen LogP contribution is 2.44. The van der Waals surface area contributed by atoms with Crippen LogP contribution in [0, 0.1) is 12.8 Å². The lowest BCUT2D eigenvalue weighted by molar-refractivity contribution is -0.135. The second-order valence-corrected chi connectivity index (χ2v) is 5.43. The van der Waals surface area contributed by atoms with Gasteiger partial charge in [0.1, 0.15) is 0 Å². The van der Waals surface area contributed by atoms with Gasteiger partial charge in [-0.1, -0.05) is 20.8 Å². The van der Waals surface area contributed by atoms with Crippen molar-refractivity contribution in [1.29, 1.82) is 0 Å². The second-order valence-electron chi connectivity index (χ2n) is 5.43. The number of benzene rings is 1. The van der Waals surface area contributed by atoms with Crippen LogP contribution in [0.2, 0.25) is 0 Å². The summed E-state index contributed by atoms with van der Waals surface area (Å²) in [5.74, 6) is -0.519. The largest absolute Gasteiger partial charge is 0.504 e. The van der Waals surface area contributed by atoms with Crippen LogP contribution >= 0.6 is 0 Å². The number of fused-ring (bicyclic) bond motifs is 1. The van der Waals surface area contributed by atoms with E-state index >= 15 is 0 Å². The number of Topliss-reactive ketones (excluding diaryl/α,β-unsaturated/α-hetero) is 1. The molecule has 1 unspecified atom stereocenters. The van der Waals surface area contributed by atoms with Crippen LogP contribution < -0.4 is 4.74 Å². The average Bonchev–Trinajstić information content (AvgIpc) is 2.32. The van der Waals surface area contributed by atoms with Crippen LogP contribution in [0.1, 0.15) is 54.6 Å². The molecule has 0 aliphatic carbocycles. The van der Waals surface area contributed by atoms with Gasteiger partial charge >= 0.3 is 5.97 Å². The number of rotatable bonds is 2. The number of phenolic OH excluding ortho intramolecular Hbond substituents is 1. The molecular formula is C15H18O4. The monoisotopic (exact) mass is 262 g/mol. The first-order chi connectivity index (χ1) is 8.82. The van der Waals surface area contributed by atoms with Gasteiger partial charge < -0.3 is 9.84 Å². The Balaban J connectivity index is 2.70. The number of ether oxygens (including phenoxy) is 1. The van der Waals surface area contributed by atoms with Gasteiger partial charge in [-0.25, -0.2) is 0 Å². The van der Waals surface area contributed by atoms with E-state index in [2.05, 4.69) is 0 Å². The Morgan fingerprint density at radius 1 is 1.47 bits per heavy atom. The van der Waals surface area contributed by atoms with Crippen LogP contribution in [0.4, 0.5) is 0 Å². The maximum atomic E-state index is 12.3. The van der Waals surface area contributed by atoms with E-state index in [1.807, 2.05) is 20.8 Å². The van der Waals surface area contributed by atoms with Gasteiger partial charge in [-0.2, -0.15) is 0 Å². The predicted molar refractivity (Wildman–Crippen MR) is 70.7 cm³/mol. The maximum absolute atomic E-state index is 12.3. The van der Waals surface area contributed by atoms with Gasteiger partial charge in [0.05, 0.1) is 6.42 Å². The average molecular weight is 262 g/mol. The highest BCUT2D eigenvalue weighted by molar-refractivity contribution is 6.01. The smallest absolute Gasteiger partial charge is 0.311 e. The number of phenols is 1. The molecule has 0 fully saturated rings. The highest BCUT2D eigenvalue weighted by atomic mass is 16.5.